The van der Waals surface area contributed by atoms with Crippen LogP contribution in [0, 0.1) is 12.7 Å². The molecule has 0 aliphatic heterocycles. The molecule has 96 valence electrons. The summed E-state index contributed by atoms with van der Waals surface area (Å²) in [6.07, 6.45) is 0.870. The summed E-state index contributed by atoms with van der Waals surface area (Å²) in [6, 6.07) is 4.78. The predicted molar refractivity (Wildman–Crippen MR) is 70.4 cm³/mol. The van der Waals surface area contributed by atoms with Crippen molar-refractivity contribution in [3.8, 4) is 0 Å². The van der Waals surface area contributed by atoms with Gasteiger partial charge in [-0.05, 0) is 40.4 Å². The van der Waals surface area contributed by atoms with Crippen LogP contribution in [-0.4, -0.2) is 24.5 Å². The van der Waals surface area contributed by atoms with Crippen molar-refractivity contribution in [1.29, 1.82) is 0 Å². The largest absolute Gasteiger partial charge is 0.322 e. The minimum absolute atomic E-state index is 0.218. The summed E-state index contributed by atoms with van der Waals surface area (Å²) in [5.41, 5.74) is 7.67. The highest BCUT2D eigenvalue weighted by Gasteiger charge is 2.34. The molecule has 0 saturated heterocycles. The number of hydrogen-bond acceptors (Lipinski definition) is 2. The SMILES string of the molecule is CCC(C)(C(N)c1cc(C)ccc1F)N(C)C. The van der Waals surface area contributed by atoms with E-state index in [2.05, 4.69) is 18.7 Å². The lowest BCUT2D eigenvalue weighted by Crippen LogP contribution is -2.49. The van der Waals surface area contributed by atoms with Gasteiger partial charge in [0.05, 0.1) is 6.04 Å². The molecule has 2 unspecified atom stereocenters. The minimum atomic E-state index is -0.331. The quantitative estimate of drug-likeness (QED) is 0.874. The summed E-state index contributed by atoms with van der Waals surface area (Å²) in [5.74, 6) is -0.218. The van der Waals surface area contributed by atoms with E-state index in [0.29, 0.717) is 5.56 Å². The summed E-state index contributed by atoms with van der Waals surface area (Å²) < 4.78 is 13.9. The molecule has 0 bridgehead atoms. The van der Waals surface area contributed by atoms with E-state index in [1.807, 2.05) is 27.1 Å². The van der Waals surface area contributed by atoms with Crippen molar-refractivity contribution in [2.24, 2.45) is 5.73 Å². The zero-order valence-electron chi connectivity index (χ0n) is 11.4. The van der Waals surface area contributed by atoms with Crippen LogP contribution in [0.15, 0.2) is 18.2 Å². The van der Waals surface area contributed by atoms with Gasteiger partial charge in [0.2, 0.25) is 0 Å². The fourth-order valence-corrected chi connectivity index (χ4v) is 2.05. The molecule has 2 atom stereocenters. The van der Waals surface area contributed by atoms with Gasteiger partial charge in [-0.3, -0.25) is 0 Å². The first-order valence-electron chi connectivity index (χ1n) is 6.02. The number of benzene rings is 1. The lowest BCUT2D eigenvalue weighted by Gasteiger charge is -2.41. The van der Waals surface area contributed by atoms with Crippen molar-refractivity contribution in [3.63, 3.8) is 0 Å². The molecule has 1 aromatic carbocycles. The Kier molecular flexibility index (Phi) is 4.28. The molecule has 3 heteroatoms. The van der Waals surface area contributed by atoms with E-state index in [4.69, 9.17) is 5.73 Å². The van der Waals surface area contributed by atoms with Crippen LogP contribution in [0.5, 0.6) is 0 Å². The molecule has 0 amide bonds. The normalized spacial score (nSPS) is 16.9. The summed E-state index contributed by atoms with van der Waals surface area (Å²) in [4.78, 5) is 2.07. The van der Waals surface area contributed by atoms with Crippen LogP contribution in [-0.2, 0) is 0 Å². The number of halogens is 1. The molecule has 0 radical (unpaired) electrons. The number of nitrogens with two attached hydrogens (primary N) is 1. The molecule has 0 spiro atoms. The molecular weight excluding hydrogens is 215 g/mol. The molecule has 2 N–H and O–H groups in total. The van der Waals surface area contributed by atoms with Gasteiger partial charge in [-0.1, -0.05) is 24.6 Å². The van der Waals surface area contributed by atoms with Crippen molar-refractivity contribution in [1.82, 2.24) is 4.90 Å². The highest BCUT2D eigenvalue weighted by Crippen LogP contribution is 2.32. The standard InChI is InChI=1S/C14H23FN2/c1-6-14(3,17(4)5)13(16)11-9-10(2)7-8-12(11)15/h7-9,13H,6,16H2,1-5H3. The van der Waals surface area contributed by atoms with Crippen LogP contribution < -0.4 is 5.73 Å². The Bertz CT molecular complexity index is 390. The first-order valence-corrected chi connectivity index (χ1v) is 6.02. The Labute approximate surface area is 104 Å². The molecule has 1 rings (SSSR count). The Hall–Kier alpha value is -0.930. The van der Waals surface area contributed by atoms with Gasteiger partial charge in [0.15, 0.2) is 0 Å². The van der Waals surface area contributed by atoms with Gasteiger partial charge in [0.1, 0.15) is 5.82 Å². The highest BCUT2D eigenvalue weighted by molar-refractivity contribution is 5.29. The van der Waals surface area contributed by atoms with Crippen molar-refractivity contribution in [3.05, 3.63) is 35.1 Å². The van der Waals surface area contributed by atoms with E-state index < -0.39 is 0 Å². The molecular formula is C14H23FN2. The average Bonchev–Trinajstić information content (AvgIpc) is 2.30. The topological polar surface area (TPSA) is 29.3 Å². The first-order chi connectivity index (χ1) is 7.82. The lowest BCUT2D eigenvalue weighted by atomic mass is 9.83. The molecule has 1 aromatic rings. The Morgan fingerprint density at radius 1 is 1.41 bits per heavy atom. The van der Waals surface area contributed by atoms with Gasteiger partial charge in [0, 0.05) is 11.1 Å². The van der Waals surface area contributed by atoms with E-state index in [-0.39, 0.29) is 17.4 Å². The third kappa shape index (κ3) is 2.67. The fraction of sp³-hybridized carbons (Fsp3) is 0.571. The number of hydrogen-bond donors (Lipinski definition) is 1. The molecule has 17 heavy (non-hydrogen) atoms. The number of nitrogens with zero attached hydrogens (tertiary/aromatic N) is 1. The van der Waals surface area contributed by atoms with Crippen molar-refractivity contribution >= 4 is 0 Å². The van der Waals surface area contributed by atoms with Gasteiger partial charge in [-0.2, -0.15) is 0 Å². The Morgan fingerprint density at radius 2 is 2.00 bits per heavy atom. The smallest absolute Gasteiger partial charge is 0.128 e. The van der Waals surface area contributed by atoms with Crippen LogP contribution in [0.1, 0.15) is 37.4 Å². The fourth-order valence-electron chi connectivity index (χ4n) is 2.05. The van der Waals surface area contributed by atoms with E-state index in [9.17, 15) is 4.39 Å². The summed E-state index contributed by atoms with van der Waals surface area (Å²) in [6.45, 7) is 6.10. The number of aryl methyl sites for hydroxylation is 1. The second-order valence-corrected chi connectivity index (χ2v) is 5.11. The monoisotopic (exact) mass is 238 g/mol. The van der Waals surface area contributed by atoms with Crippen LogP contribution in [0.4, 0.5) is 4.39 Å². The van der Waals surface area contributed by atoms with Crippen molar-refractivity contribution in [2.75, 3.05) is 14.1 Å². The van der Waals surface area contributed by atoms with Crippen LogP contribution >= 0.6 is 0 Å². The van der Waals surface area contributed by atoms with Crippen molar-refractivity contribution < 1.29 is 4.39 Å². The van der Waals surface area contributed by atoms with Crippen molar-refractivity contribution in [2.45, 2.75) is 38.8 Å². The summed E-state index contributed by atoms with van der Waals surface area (Å²) in [5, 5.41) is 0. The third-order valence-electron chi connectivity index (χ3n) is 3.89. The van der Waals surface area contributed by atoms with Gasteiger partial charge >= 0.3 is 0 Å². The zero-order valence-corrected chi connectivity index (χ0v) is 11.4. The zero-order chi connectivity index (χ0) is 13.2. The maximum absolute atomic E-state index is 13.9. The first kappa shape index (κ1) is 14.1. The average molecular weight is 238 g/mol. The van der Waals surface area contributed by atoms with Gasteiger partial charge in [-0.15, -0.1) is 0 Å². The lowest BCUT2D eigenvalue weighted by molar-refractivity contribution is 0.130. The summed E-state index contributed by atoms with van der Waals surface area (Å²) in [7, 11) is 3.97. The minimum Gasteiger partial charge on any atom is -0.322 e. The maximum atomic E-state index is 13.9. The second-order valence-electron chi connectivity index (χ2n) is 5.11. The molecule has 0 aromatic heterocycles. The number of rotatable bonds is 4. The molecule has 0 aliphatic rings. The van der Waals surface area contributed by atoms with E-state index >= 15 is 0 Å². The molecule has 0 heterocycles. The van der Waals surface area contributed by atoms with Crippen LogP contribution in [0.25, 0.3) is 0 Å². The maximum Gasteiger partial charge on any atom is 0.128 e. The Balaban J connectivity index is 3.18. The molecule has 0 aliphatic carbocycles. The van der Waals surface area contributed by atoms with E-state index in [1.165, 1.54) is 6.07 Å². The number of likely N-dealkylation sites (N-methyl/N-ethyl adjacent to an activating group) is 1. The van der Waals surface area contributed by atoms with Gasteiger partial charge in [0.25, 0.3) is 0 Å². The van der Waals surface area contributed by atoms with Gasteiger partial charge in [-0.25, -0.2) is 4.39 Å². The molecule has 2 nitrogen and oxygen atoms in total. The highest BCUT2D eigenvalue weighted by atomic mass is 19.1. The van der Waals surface area contributed by atoms with Crippen LogP contribution in [0.3, 0.4) is 0 Å². The third-order valence-corrected chi connectivity index (χ3v) is 3.89. The van der Waals surface area contributed by atoms with Gasteiger partial charge < -0.3 is 10.6 Å². The second kappa shape index (κ2) is 5.15. The predicted octanol–water partition coefficient (Wildman–Crippen LogP) is 2.86. The molecule has 0 fully saturated rings. The van der Waals surface area contributed by atoms with E-state index in [0.717, 1.165) is 12.0 Å². The Morgan fingerprint density at radius 3 is 2.47 bits per heavy atom. The summed E-state index contributed by atoms with van der Waals surface area (Å²) >= 11 is 0. The van der Waals surface area contributed by atoms with Crippen LogP contribution in [0.2, 0.25) is 0 Å². The molecule has 0 saturated carbocycles. The van der Waals surface area contributed by atoms with E-state index in [1.54, 1.807) is 6.07 Å².